The van der Waals surface area contributed by atoms with E-state index in [1.807, 2.05) is 0 Å². The largest absolute Gasteiger partial charge is 0.471 e. The number of hydrogen-bond acceptors (Lipinski definition) is 4. The number of carbonyl (C=O) groups is 1. The van der Waals surface area contributed by atoms with Crippen LogP contribution in [-0.2, 0) is 11.3 Å². The third-order valence-corrected chi connectivity index (χ3v) is 3.09. The molecule has 8 heteroatoms. The zero-order chi connectivity index (χ0) is 13.9. The number of nitrogens with zero attached hydrogens (tertiary/aromatic N) is 2. The molecule has 19 heavy (non-hydrogen) atoms. The summed E-state index contributed by atoms with van der Waals surface area (Å²) in [5.74, 6) is -1.97. The molecular weight excluding hydrogens is 279 g/mol. The number of hydrogen-bond donors (Lipinski definition) is 1. The molecule has 4 nitrogen and oxygen atoms in total. The first kappa shape index (κ1) is 13.5. The van der Waals surface area contributed by atoms with Gasteiger partial charge in [0, 0.05) is 23.3 Å². The van der Waals surface area contributed by atoms with Crippen molar-refractivity contribution in [3.05, 3.63) is 35.6 Å². The van der Waals surface area contributed by atoms with E-state index in [2.05, 4.69) is 9.97 Å². The summed E-state index contributed by atoms with van der Waals surface area (Å²) >= 11 is 1.28. The van der Waals surface area contributed by atoms with Gasteiger partial charge in [-0.2, -0.15) is 13.2 Å². The van der Waals surface area contributed by atoms with Gasteiger partial charge in [-0.25, -0.2) is 4.98 Å². The standard InChI is InChI=1S/C11H8F3N3OS/c12-11(13,14)10(18)16-5-8-6-19-9(17-8)7-2-1-3-15-4-7/h1-4,6H,5H2,(H,16,18). The lowest BCUT2D eigenvalue weighted by Gasteiger charge is -2.05. The SMILES string of the molecule is O=C(NCc1csc(-c2cccnc2)n1)C(F)(F)F. The molecule has 0 bridgehead atoms. The smallest absolute Gasteiger partial charge is 0.343 e. The number of amides is 1. The van der Waals surface area contributed by atoms with Gasteiger partial charge in [-0.15, -0.1) is 11.3 Å². The third-order valence-electron chi connectivity index (χ3n) is 2.15. The highest BCUT2D eigenvalue weighted by atomic mass is 32.1. The normalized spacial score (nSPS) is 11.3. The van der Waals surface area contributed by atoms with Gasteiger partial charge in [0.15, 0.2) is 0 Å². The van der Waals surface area contributed by atoms with Gasteiger partial charge in [0.1, 0.15) is 5.01 Å². The first-order chi connectivity index (χ1) is 8.97. The summed E-state index contributed by atoms with van der Waals surface area (Å²) in [6.07, 6.45) is -1.65. The Labute approximate surface area is 110 Å². The van der Waals surface area contributed by atoms with E-state index in [0.717, 1.165) is 5.56 Å². The number of aromatic nitrogens is 2. The molecule has 2 aromatic rings. The van der Waals surface area contributed by atoms with Crippen molar-refractivity contribution in [3.8, 4) is 10.6 Å². The second-order valence-electron chi connectivity index (χ2n) is 3.57. The van der Waals surface area contributed by atoms with Crippen molar-refractivity contribution in [1.82, 2.24) is 15.3 Å². The van der Waals surface area contributed by atoms with Crippen LogP contribution in [0.15, 0.2) is 29.9 Å². The summed E-state index contributed by atoms with van der Waals surface area (Å²) in [7, 11) is 0. The fraction of sp³-hybridized carbons (Fsp3) is 0.182. The third kappa shape index (κ3) is 3.50. The van der Waals surface area contributed by atoms with Crippen LogP contribution in [0.2, 0.25) is 0 Å². The van der Waals surface area contributed by atoms with Gasteiger partial charge in [-0.3, -0.25) is 9.78 Å². The molecule has 0 aliphatic rings. The molecule has 0 fully saturated rings. The van der Waals surface area contributed by atoms with Crippen molar-refractivity contribution in [2.45, 2.75) is 12.7 Å². The van der Waals surface area contributed by atoms with Crippen molar-refractivity contribution in [3.63, 3.8) is 0 Å². The van der Waals surface area contributed by atoms with Gasteiger partial charge in [0.25, 0.3) is 0 Å². The fourth-order valence-electron chi connectivity index (χ4n) is 1.28. The molecule has 0 unspecified atom stereocenters. The summed E-state index contributed by atoms with van der Waals surface area (Å²) in [5.41, 5.74) is 1.15. The van der Waals surface area contributed by atoms with E-state index in [9.17, 15) is 18.0 Å². The maximum Gasteiger partial charge on any atom is 0.471 e. The number of carbonyl (C=O) groups excluding carboxylic acids is 1. The lowest BCUT2D eigenvalue weighted by atomic mass is 10.3. The van der Waals surface area contributed by atoms with Gasteiger partial charge >= 0.3 is 12.1 Å². The number of thiazole rings is 1. The average molecular weight is 287 g/mol. The average Bonchev–Trinajstić information content (AvgIpc) is 2.84. The lowest BCUT2D eigenvalue weighted by molar-refractivity contribution is -0.173. The maximum atomic E-state index is 12.0. The fourth-order valence-corrected chi connectivity index (χ4v) is 2.09. The van der Waals surface area contributed by atoms with Crippen LogP contribution in [0.1, 0.15) is 5.69 Å². The highest BCUT2D eigenvalue weighted by molar-refractivity contribution is 7.13. The van der Waals surface area contributed by atoms with Gasteiger partial charge in [-0.1, -0.05) is 0 Å². The molecule has 0 aromatic carbocycles. The highest BCUT2D eigenvalue weighted by Crippen LogP contribution is 2.22. The molecule has 2 aromatic heterocycles. The molecule has 0 saturated heterocycles. The first-order valence-corrected chi connectivity index (χ1v) is 6.04. The predicted molar refractivity (Wildman–Crippen MR) is 63.2 cm³/mol. The number of pyridine rings is 1. The van der Waals surface area contributed by atoms with Crippen LogP contribution in [0.3, 0.4) is 0 Å². The topological polar surface area (TPSA) is 54.9 Å². The first-order valence-electron chi connectivity index (χ1n) is 5.16. The van der Waals surface area contributed by atoms with E-state index in [1.54, 1.807) is 35.2 Å². The predicted octanol–water partition coefficient (Wildman–Crippen LogP) is 2.38. The monoisotopic (exact) mass is 287 g/mol. The number of rotatable bonds is 3. The van der Waals surface area contributed by atoms with Crippen LogP contribution < -0.4 is 5.32 Å². The molecule has 1 amide bonds. The van der Waals surface area contributed by atoms with Crippen LogP contribution >= 0.6 is 11.3 Å². The summed E-state index contributed by atoms with van der Waals surface area (Å²) in [4.78, 5) is 18.7. The van der Waals surface area contributed by atoms with Crippen molar-refractivity contribution < 1.29 is 18.0 Å². The van der Waals surface area contributed by atoms with E-state index in [-0.39, 0.29) is 6.54 Å². The summed E-state index contributed by atoms with van der Waals surface area (Å²) in [6, 6.07) is 3.53. The van der Waals surface area contributed by atoms with Gasteiger partial charge in [0.05, 0.1) is 12.2 Å². The Hall–Kier alpha value is -1.96. The molecule has 100 valence electrons. The van der Waals surface area contributed by atoms with Crippen molar-refractivity contribution in [2.24, 2.45) is 0 Å². The molecule has 2 heterocycles. The molecule has 0 atom stereocenters. The number of nitrogens with one attached hydrogen (secondary N) is 1. The van der Waals surface area contributed by atoms with Gasteiger partial charge in [-0.05, 0) is 12.1 Å². The van der Waals surface area contributed by atoms with Crippen molar-refractivity contribution in [1.29, 1.82) is 0 Å². The Bertz CT molecular complexity index is 568. The molecule has 0 spiro atoms. The Kier molecular flexibility index (Phi) is 3.79. The molecule has 0 saturated carbocycles. The van der Waals surface area contributed by atoms with Crippen LogP contribution in [0.25, 0.3) is 10.6 Å². The van der Waals surface area contributed by atoms with Crippen LogP contribution in [0.5, 0.6) is 0 Å². The van der Waals surface area contributed by atoms with Crippen LogP contribution in [0.4, 0.5) is 13.2 Å². The zero-order valence-corrected chi connectivity index (χ0v) is 10.3. The summed E-state index contributed by atoms with van der Waals surface area (Å²) in [5, 5.41) is 4.01. The molecule has 0 radical (unpaired) electrons. The Morgan fingerprint density at radius 3 is 2.84 bits per heavy atom. The van der Waals surface area contributed by atoms with Crippen LogP contribution in [-0.4, -0.2) is 22.1 Å². The van der Waals surface area contributed by atoms with Gasteiger partial charge < -0.3 is 5.32 Å². The Morgan fingerprint density at radius 1 is 1.42 bits per heavy atom. The summed E-state index contributed by atoms with van der Waals surface area (Å²) < 4.78 is 36.0. The molecule has 2 rings (SSSR count). The Balaban J connectivity index is 2.01. The lowest BCUT2D eigenvalue weighted by Crippen LogP contribution is -2.36. The number of halogens is 3. The van der Waals surface area contributed by atoms with E-state index in [1.165, 1.54) is 11.3 Å². The van der Waals surface area contributed by atoms with Crippen molar-refractivity contribution >= 4 is 17.2 Å². The Morgan fingerprint density at radius 2 is 2.21 bits per heavy atom. The maximum absolute atomic E-state index is 12.0. The van der Waals surface area contributed by atoms with Gasteiger partial charge in [0.2, 0.25) is 0 Å². The van der Waals surface area contributed by atoms with Crippen molar-refractivity contribution in [2.75, 3.05) is 0 Å². The second-order valence-corrected chi connectivity index (χ2v) is 4.42. The van der Waals surface area contributed by atoms with Crippen LogP contribution in [0, 0.1) is 0 Å². The zero-order valence-electron chi connectivity index (χ0n) is 9.44. The minimum Gasteiger partial charge on any atom is -0.343 e. The minimum absolute atomic E-state index is 0.255. The second kappa shape index (κ2) is 5.35. The van der Waals surface area contributed by atoms with E-state index >= 15 is 0 Å². The molecule has 1 N–H and O–H groups in total. The molecule has 0 aliphatic carbocycles. The highest BCUT2D eigenvalue weighted by Gasteiger charge is 2.38. The van der Waals surface area contributed by atoms with E-state index in [0.29, 0.717) is 10.7 Å². The van der Waals surface area contributed by atoms with E-state index in [4.69, 9.17) is 0 Å². The van der Waals surface area contributed by atoms with E-state index < -0.39 is 12.1 Å². The molecular formula is C11H8F3N3OS. The number of alkyl halides is 3. The minimum atomic E-state index is -4.87. The summed E-state index contributed by atoms with van der Waals surface area (Å²) in [6.45, 7) is -0.255. The quantitative estimate of drug-likeness (QED) is 0.943. The molecule has 0 aliphatic heterocycles.